The van der Waals surface area contributed by atoms with Gasteiger partial charge in [0, 0.05) is 0 Å². The minimum absolute atomic E-state index is 0.0596. The molecule has 0 heterocycles. The fourth-order valence-corrected chi connectivity index (χ4v) is 2.23. The number of halogens is 1. The zero-order valence-corrected chi connectivity index (χ0v) is 13.8. The highest BCUT2D eigenvalue weighted by atomic mass is 32.2. The summed E-state index contributed by atoms with van der Waals surface area (Å²) < 4.78 is 19.0. The van der Waals surface area contributed by atoms with Crippen molar-refractivity contribution < 1.29 is 23.8 Å². The van der Waals surface area contributed by atoms with Crippen molar-refractivity contribution in [1.29, 1.82) is 5.26 Å². The maximum absolute atomic E-state index is 14.3. The molecule has 0 aliphatic heterocycles. The first-order valence-corrected chi connectivity index (χ1v) is 7.99. The number of carbonyl (C=O) groups is 2. The van der Waals surface area contributed by atoms with E-state index >= 15 is 0 Å². The molecule has 1 unspecified atom stereocenters. The van der Waals surface area contributed by atoms with E-state index < -0.39 is 23.3 Å². The largest absolute Gasteiger partial charge is 0.463 e. The lowest BCUT2D eigenvalue weighted by Crippen LogP contribution is -2.48. The van der Waals surface area contributed by atoms with Crippen LogP contribution in [0.5, 0.6) is 0 Å². The zero-order chi connectivity index (χ0) is 17.6. The summed E-state index contributed by atoms with van der Waals surface area (Å²) in [7, 11) is 0. The number of anilines is 1. The highest BCUT2D eigenvalue weighted by Crippen LogP contribution is 2.29. The van der Waals surface area contributed by atoms with Crippen LogP contribution in [0.2, 0.25) is 0 Å². The molecule has 1 amide bonds. The summed E-state index contributed by atoms with van der Waals surface area (Å²) in [5.41, 5.74) is -2.56. The summed E-state index contributed by atoms with van der Waals surface area (Å²) in [5, 5.41) is 21.1. The van der Waals surface area contributed by atoms with Crippen LogP contribution in [0, 0.1) is 17.1 Å². The smallest absolute Gasteiger partial charge is 0.347 e. The molecular weight excluding hydrogens is 323 g/mol. The first-order valence-electron chi connectivity index (χ1n) is 6.77. The van der Waals surface area contributed by atoms with Crippen LogP contribution >= 0.6 is 11.8 Å². The number of hydrogen-bond donors (Lipinski definition) is 2. The summed E-state index contributed by atoms with van der Waals surface area (Å²) in [6.07, 6.45) is 2.12. The number of esters is 1. The van der Waals surface area contributed by atoms with Crippen molar-refractivity contribution in [3.05, 3.63) is 23.5 Å². The van der Waals surface area contributed by atoms with Gasteiger partial charge in [-0.25, -0.2) is 9.18 Å². The number of nitriles is 1. The van der Waals surface area contributed by atoms with E-state index in [1.165, 1.54) is 12.1 Å². The number of carbonyl (C=O) groups excluding carboxylic acids is 2. The Hall–Kier alpha value is -2.11. The summed E-state index contributed by atoms with van der Waals surface area (Å²) in [6.45, 7) is 2.79. The van der Waals surface area contributed by atoms with Crippen molar-refractivity contribution >= 4 is 29.3 Å². The first kappa shape index (κ1) is 18.9. The molecule has 6 nitrogen and oxygen atoms in total. The summed E-state index contributed by atoms with van der Waals surface area (Å²) in [6, 6.07) is 4.38. The lowest BCUT2D eigenvalue weighted by Gasteiger charge is -2.21. The lowest BCUT2D eigenvalue weighted by atomic mass is 10.1. The molecule has 0 spiro atoms. The van der Waals surface area contributed by atoms with Crippen molar-refractivity contribution in [2.24, 2.45) is 0 Å². The van der Waals surface area contributed by atoms with Crippen LogP contribution in [0.25, 0.3) is 0 Å². The van der Waals surface area contributed by atoms with Crippen molar-refractivity contribution in [3.8, 4) is 6.07 Å². The molecule has 1 aromatic carbocycles. The Morgan fingerprint density at radius 1 is 1.52 bits per heavy atom. The van der Waals surface area contributed by atoms with Gasteiger partial charge in [-0.1, -0.05) is 6.92 Å². The molecular formula is C15H17FN2O4S. The van der Waals surface area contributed by atoms with Crippen LogP contribution in [0.4, 0.5) is 10.1 Å². The number of aliphatic hydroxyl groups is 1. The quantitative estimate of drug-likeness (QED) is 0.467. The monoisotopic (exact) mass is 340 g/mol. The number of hydrogen-bond acceptors (Lipinski definition) is 6. The SMILES string of the molecule is CCCOC(=O)C(C)(O)C(=O)Nc1ccc(C#N)c(SC)c1F. The molecule has 124 valence electrons. The second-order valence-corrected chi connectivity index (χ2v) is 5.60. The number of rotatable bonds is 6. The second-order valence-electron chi connectivity index (χ2n) is 4.78. The molecule has 0 fully saturated rings. The van der Waals surface area contributed by atoms with Gasteiger partial charge in [0.1, 0.15) is 6.07 Å². The van der Waals surface area contributed by atoms with Crippen molar-refractivity contribution in [2.75, 3.05) is 18.2 Å². The molecule has 0 radical (unpaired) electrons. The van der Waals surface area contributed by atoms with Crippen molar-refractivity contribution in [1.82, 2.24) is 0 Å². The molecule has 23 heavy (non-hydrogen) atoms. The van der Waals surface area contributed by atoms with Crippen LogP contribution in [-0.2, 0) is 14.3 Å². The summed E-state index contributed by atoms with van der Waals surface area (Å²) in [5.74, 6) is -3.03. The molecule has 1 rings (SSSR count). The molecule has 0 aromatic heterocycles. The third kappa shape index (κ3) is 4.21. The van der Waals surface area contributed by atoms with E-state index in [4.69, 9.17) is 10.00 Å². The number of nitrogens with one attached hydrogen (secondary N) is 1. The van der Waals surface area contributed by atoms with Gasteiger partial charge >= 0.3 is 5.97 Å². The van der Waals surface area contributed by atoms with E-state index in [1.807, 2.05) is 6.07 Å². The van der Waals surface area contributed by atoms with Crippen LogP contribution in [-0.4, -0.2) is 35.4 Å². The van der Waals surface area contributed by atoms with E-state index in [1.54, 1.807) is 13.2 Å². The Kier molecular flexibility index (Phi) is 6.54. The maximum atomic E-state index is 14.3. The lowest BCUT2D eigenvalue weighted by molar-refractivity contribution is -0.167. The molecule has 0 bridgehead atoms. The van der Waals surface area contributed by atoms with Crippen LogP contribution in [0.3, 0.4) is 0 Å². The van der Waals surface area contributed by atoms with Crippen molar-refractivity contribution in [3.63, 3.8) is 0 Å². The fourth-order valence-electron chi connectivity index (χ4n) is 1.61. The molecule has 0 saturated carbocycles. The predicted molar refractivity (Wildman–Crippen MR) is 83.4 cm³/mol. The van der Waals surface area contributed by atoms with Crippen LogP contribution in [0.1, 0.15) is 25.8 Å². The molecule has 0 aliphatic carbocycles. The van der Waals surface area contributed by atoms with Gasteiger partial charge in [0.25, 0.3) is 5.91 Å². The number of thioether (sulfide) groups is 1. The Labute approximate surface area is 137 Å². The standard InChI is InChI=1S/C15H17FN2O4S/c1-4-7-22-14(20)15(2,21)13(19)18-10-6-5-9(8-17)12(23-3)11(10)16/h5-6,21H,4,7H2,1-3H3,(H,18,19). The van der Waals surface area contributed by atoms with Gasteiger partial charge in [-0.2, -0.15) is 5.26 Å². The molecule has 1 aromatic rings. The summed E-state index contributed by atoms with van der Waals surface area (Å²) >= 11 is 1.01. The van der Waals surface area contributed by atoms with Gasteiger partial charge in [-0.3, -0.25) is 4.79 Å². The summed E-state index contributed by atoms with van der Waals surface area (Å²) in [4.78, 5) is 23.8. The Bertz CT molecular complexity index is 656. The Balaban J connectivity index is 3.02. The molecule has 2 N–H and O–H groups in total. The average Bonchev–Trinajstić information content (AvgIpc) is 2.53. The van der Waals surface area contributed by atoms with Gasteiger partial charge in [-0.15, -0.1) is 11.8 Å². The van der Waals surface area contributed by atoms with Crippen LogP contribution < -0.4 is 5.32 Å². The first-order chi connectivity index (χ1) is 10.8. The van der Waals surface area contributed by atoms with E-state index in [0.29, 0.717) is 6.42 Å². The normalized spacial score (nSPS) is 12.9. The number of benzene rings is 1. The zero-order valence-electron chi connectivity index (χ0n) is 13.0. The fraction of sp³-hybridized carbons (Fsp3) is 0.400. The van der Waals surface area contributed by atoms with Crippen molar-refractivity contribution in [2.45, 2.75) is 30.8 Å². The third-order valence-corrected chi connectivity index (χ3v) is 3.75. The van der Waals surface area contributed by atoms with E-state index in [0.717, 1.165) is 18.7 Å². The van der Waals surface area contributed by atoms with Crippen LogP contribution in [0.15, 0.2) is 17.0 Å². The van der Waals surface area contributed by atoms with Gasteiger partial charge in [0.15, 0.2) is 5.82 Å². The average molecular weight is 340 g/mol. The van der Waals surface area contributed by atoms with Gasteiger partial charge in [0.05, 0.1) is 22.8 Å². The second kappa shape index (κ2) is 7.94. The maximum Gasteiger partial charge on any atom is 0.347 e. The predicted octanol–water partition coefficient (Wildman–Crippen LogP) is 2.06. The molecule has 0 saturated heterocycles. The number of amides is 1. The molecule has 1 atom stereocenters. The Morgan fingerprint density at radius 3 is 2.70 bits per heavy atom. The van der Waals surface area contributed by atoms with E-state index in [-0.39, 0.29) is 22.8 Å². The molecule has 0 aliphatic rings. The highest BCUT2D eigenvalue weighted by molar-refractivity contribution is 7.98. The third-order valence-electron chi connectivity index (χ3n) is 2.95. The molecule has 8 heteroatoms. The van der Waals surface area contributed by atoms with Gasteiger partial charge in [0.2, 0.25) is 5.60 Å². The minimum atomic E-state index is -2.45. The van der Waals surface area contributed by atoms with Gasteiger partial charge < -0.3 is 15.2 Å². The van der Waals surface area contributed by atoms with E-state index in [2.05, 4.69) is 5.32 Å². The van der Waals surface area contributed by atoms with Gasteiger partial charge in [-0.05, 0) is 31.7 Å². The van der Waals surface area contributed by atoms with E-state index in [9.17, 15) is 19.1 Å². The Morgan fingerprint density at radius 2 is 2.17 bits per heavy atom. The topological polar surface area (TPSA) is 99.4 Å². The minimum Gasteiger partial charge on any atom is -0.463 e. The number of ether oxygens (including phenoxy) is 1. The highest BCUT2D eigenvalue weighted by Gasteiger charge is 2.41. The number of nitrogens with zero attached hydrogens (tertiary/aromatic N) is 1.